The summed E-state index contributed by atoms with van der Waals surface area (Å²) in [5.74, 6) is 0. The van der Waals surface area contributed by atoms with Gasteiger partial charge in [0.05, 0.1) is 6.04 Å². The molecular formula is C13H21Cl2FN2. The number of hydrogen-bond acceptors (Lipinski definition) is 2. The summed E-state index contributed by atoms with van der Waals surface area (Å²) in [5.41, 5.74) is 2.32. The molecule has 1 aromatic carbocycles. The lowest BCUT2D eigenvalue weighted by atomic mass is 10.0. The molecule has 1 fully saturated rings. The average molecular weight is 295 g/mol. The standard InChI is InChI=1S/C13H19FN2.2ClH/c1-11-4-2-3-5-12(11)13(10-14)16-8-6-15-7-9-16;;/h2-5,13,15H,6-10H2,1H3;2*1H/t13-;;/m1../s1. The topological polar surface area (TPSA) is 15.3 Å². The summed E-state index contributed by atoms with van der Waals surface area (Å²) < 4.78 is 13.2. The van der Waals surface area contributed by atoms with Crippen molar-refractivity contribution in [3.8, 4) is 0 Å². The summed E-state index contributed by atoms with van der Waals surface area (Å²) in [7, 11) is 0. The highest BCUT2D eigenvalue weighted by atomic mass is 35.5. The summed E-state index contributed by atoms with van der Waals surface area (Å²) in [5, 5.41) is 3.30. The van der Waals surface area contributed by atoms with Crippen LogP contribution in [0.2, 0.25) is 0 Å². The van der Waals surface area contributed by atoms with Crippen LogP contribution in [0.4, 0.5) is 4.39 Å². The molecule has 1 saturated heterocycles. The predicted molar refractivity (Wildman–Crippen MR) is 78.8 cm³/mol. The van der Waals surface area contributed by atoms with Crippen LogP contribution in [0.15, 0.2) is 24.3 Å². The lowest BCUT2D eigenvalue weighted by Gasteiger charge is -2.34. The van der Waals surface area contributed by atoms with Crippen LogP contribution in [0.5, 0.6) is 0 Å². The molecule has 0 spiro atoms. The van der Waals surface area contributed by atoms with Gasteiger partial charge in [-0.25, -0.2) is 4.39 Å². The summed E-state index contributed by atoms with van der Waals surface area (Å²) in [6.07, 6.45) is 0. The molecule has 0 aliphatic carbocycles. The summed E-state index contributed by atoms with van der Waals surface area (Å²) in [6.45, 7) is 5.54. The van der Waals surface area contributed by atoms with E-state index in [1.807, 2.05) is 18.2 Å². The molecule has 1 aliphatic heterocycles. The fourth-order valence-corrected chi connectivity index (χ4v) is 2.33. The van der Waals surface area contributed by atoms with Crippen LogP contribution < -0.4 is 5.32 Å². The molecule has 1 aliphatic rings. The molecule has 1 aromatic rings. The van der Waals surface area contributed by atoms with E-state index in [0.717, 1.165) is 31.7 Å². The van der Waals surface area contributed by atoms with Crippen molar-refractivity contribution < 1.29 is 4.39 Å². The van der Waals surface area contributed by atoms with Crippen molar-refractivity contribution in [3.63, 3.8) is 0 Å². The van der Waals surface area contributed by atoms with Crippen LogP contribution >= 0.6 is 24.8 Å². The SMILES string of the molecule is Cc1ccccc1[C@@H](CF)N1CCNCC1.Cl.Cl. The number of piperazine rings is 1. The van der Waals surface area contributed by atoms with Gasteiger partial charge >= 0.3 is 0 Å². The number of halogens is 3. The van der Waals surface area contributed by atoms with Crippen molar-refractivity contribution in [1.82, 2.24) is 10.2 Å². The number of rotatable bonds is 3. The minimum Gasteiger partial charge on any atom is -0.314 e. The number of benzene rings is 1. The van der Waals surface area contributed by atoms with Crippen LogP contribution in [0, 0.1) is 6.92 Å². The Kier molecular flexibility index (Phi) is 8.53. The Bertz CT molecular complexity index is 344. The maximum Gasteiger partial charge on any atom is 0.109 e. The van der Waals surface area contributed by atoms with Crippen LogP contribution in [-0.4, -0.2) is 37.8 Å². The van der Waals surface area contributed by atoms with Crippen molar-refractivity contribution in [1.29, 1.82) is 0 Å². The van der Waals surface area contributed by atoms with Crippen LogP contribution in [0.1, 0.15) is 17.2 Å². The maximum atomic E-state index is 13.2. The molecule has 0 unspecified atom stereocenters. The van der Waals surface area contributed by atoms with Crippen molar-refractivity contribution in [2.75, 3.05) is 32.9 Å². The van der Waals surface area contributed by atoms with Gasteiger partial charge in [0.25, 0.3) is 0 Å². The van der Waals surface area contributed by atoms with Crippen LogP contribution in [0.3, 0.4) is 0 Å². The van der Waals surface area contributed by atoms with Gasteiger partial charge in [-0.2, -0.15) is 0 Å². The van der Waals surface area contributed by atoms with E-state index in [1.54, 1.807) is 0 Å². The first-order chi connectivity index (χ1) is 7.83. The van der Waals surface area contributed by atoms with Gasteiger partial charge < -0.3 is 5.32 Å². The molecule has 2 rings (SSSR count). The summed E-state index contributed by atoms with van der Waals surface area (Å²) >= 11 is 0. The number of nitrogens with one attached hydrogen (secondary N) is 1. The molecule has 18 heavy (non-hydrogen) atoms. The fourth-order valence-electron chi connectivity index (χ4n) is 2.33. The third-order valence-corrected chi connectivity index (χ3v) is 3.29. The molecule has 0 radical (unpaired) electrons. The van der Waals surface area contributed by atoms with E-state index in [4.69, 9.17) is 0 Å². The quantitative estimate of drug-likeness (QED) is 0.922. The Morgan fingerprint density at radius 2 is 1.83 bits per heavy atom. The Labute approximate surface area is 121 Å². The molecule has 0 bridgehead atoms. The predicted octanol–water partition coefficient (Wildman–Crippen LogP) is 2.75. The second kappa shape index (κ2) is 8.70. The first-order valence-corrected chi connectivity index (χ1v) is 5.89. The zero-order valence-electron chi connectivity index (χ0n) is 10.6. The first kappa shape index (κ1) is 17.6. The highest BCUT2D eigenvalue weighted by Gasteiger charge is 2.22. The number of alkyl halides is 1. The monoisotopic (exact) mass is 294 g/mol. The Hall–Kier alpha value is -0.350. The minimum absolute atomic E-state index is 0. The van der Waals surface area contributed by atoms with Crippen molar-refractivity contribution in [2.24, 2.45) is 0 Å². The van der Waals surface area contributed by atoms with Gasteiger partial charge in [0.2, 0.25) is 0 Å². The van der Waals surface area contributed by atoms with Crippen molar-refractivity contribution in [3.05, 3.63) is 35.4 Å². The molecule has 0 aromatic heterocycles. The van der Waals surface area contributed by atoms with Crippen molar-refractivity contribution >= 4 is 24.8 Å². The summed E-state index contributed by atoms with van der Waals surface area (Å²) in [6, 6.07) is 8.03. The van der Waals surface area contributed by atoms with E-state index in [2.05, 4.69) is 23.2 Å². The van der Waals surface area contributed by atoms with Crippen LogP contribution in [0.25, 0.3) is 0 Å². The lowest BCUT2D eigenvalue weighted by Crippen LogP contribution is -2.45. The molecule has 1 atom stereocenters. The van der Waals surface area contributed by atoms with E-state index < -0.39 is 0 Å². The summed E-state index contributed by atoms with van der Waals surface area (Å²) in [4.78, 5) is 2.23. The smallest absolute Gasteiger partial charge is 0.109 e. The number of hydrogen-bond donors (Lipinski definition) is 1. The zero-order chi connectivity index (χ0) is 11.4. The molecule has 5 heteroatoms. The van der Waals surface area contributed by atoms with Gasteiger partial charge in [-0.3, -0.25) is 4.90 Å². The molecular weight excluding hydrogens is 274 g/mol. The first-order valence-electron chi connectivity index (χ1n) is 5.89. The van der Waals surface area contributed by atoms with Crippen LogP contribution in [-0.2, 0) is 0 Å². The third-order valence-electron chi connectivity index (χ3n) is 3.29. The average Bonchev–Trinajstić information content (AvgIpc) is 2.34. The highest BCUT2D eigenvalue weighted by Crippen LogP contribution is 2.24. The van der Waals surface area contributed by atoms with E-state index >= 15 is 0 Å². The Morgan fingerprint density at radius 1 is 1.22 bits per heavy atom. The van der Waals surface area contributed by atoms with Gasteiger partial charge in [-0.1, -0.05) is 24.3 Å². The number of aryl methyl sites for hydroxylation is 1. The minimum atomic E-state index is -0.301. The largest absolute Gasteiger partial charge is 0.314 e. The highest BCUT2D eigenvalue weighted by molar-refractivity contribution is 5.85. The molecule has 2 nitrogen and oxygen atoms in total. The molecule has 0 amide bonds. The zero-order valence-corrected chi connectivity index (χ0v) is 12.2. The third kappa shape index (κ3) is 4.09. The van der Waals surface area contributed by atoms with Gasteiger partial charge in [0.1, 0.15) is 6.67 Å². The molecule has 1 N–H and O–H groups in total. The van der Waals surface area contributed by atoms with E-state index in [9.17, 15) is 4.39 Å². The Balaban J connectivity index is 0.00000144. The van der Waals surface area contributed by atoms with E-state index in [-0.39, 0.29) is 37.5 Å². The second-order valence-electron chi connectivity index (χ2n) is 4.31. The van der Waals surface area contributed by atoms with Gasteiger partial charge in [-0.15, -0.1) is 24.8 Å². The number of nitrogens with zero attached hydrogens (tertiary/aromatic N) is 1. The maximum absolute atomic E-state index is 13.2. The van der Waals surface area contributed by atoms with E-state index in [1.165, 1.54) is 5.56 Å². The van der Waals surface area contributed by atoms with Gasteiger partial charge in [0, 0.05) is 26.2 Å². The Morgan fingerprint density at radius 3 is 2.39 bits per heavy atom. The lowest BCUT2D eigenvalue weighted by molar-refractivity contribution is 0.147. The second-order valence-corrected chi connectivity index (χ2v) is 4.31. The van der Waals surface area contributed by atoms with Gasteiger partial charge in [-0.05, 0) is 18.1 Å². The van der Waals surface area contributed by atoms with Crippen molar-refractivity contribution in [2.45, 2.75) is 13.0 Å². The van der Waals surface area contributed by atoms with Gasteiger partial charge in [0.15, 0.2) is 0 Å². The normalized spacial score (nSPS) is 17.4. The molecule has 104 valence electrons. The molecule has 0 saturated carbocycles. The van der Waals surface area contributed by atoms with E-state index in [0.29, 0.717) is 0 Å². The molecule has 1 heterocycles. The fraction of sp³-hybridized carbons (Fsp3) is 0.538.